The van der Waals surface area contributed by atoms with Gasteiger partial charge in [-0.15, -0.1) is 0 Å². The number of benzene rings is 1. The number of aliphatic imine (C=N–C) groups is 1. The van der Waals surface area contributed by atoms with Gasteiger partial charge in [-0.1, -0.05) is 0 Å². The van der Waals surface area contributed by atoms with Crippen molar-refractivity contribution in [3.8, 4) is 11.4 Å². The number of hydrogen-bond acceptors (Lipinski definition) is 5. The Hall–Kier alpha value is -2.74. The summed E-state index contributed by atoms with van der Waals surface area (Å²) >= 11 is 1.78. The Balaban J connectivity index is 1.66. The average molecular weight is 400 g/mol. The largest absolute Gasteiger partial charge is 0.497 e. The SMILES string of the molecule is COc1ccc(-n2[nH]c(C)c(C(C)=NCCSCc3nc[nH]c3C)c2=O)cc1. The lowest BCUT2D eigenvalue weighted by Gasteiger charge is -2.03. The molecule has 0 aliphatic heterocycles. The van der Waals surface area contributed by atoms with E-state index in [4.69, 9.17) is 4.74 Å². The van der Waals surface area contributed by atoms with E-state index < -0.39 is 0 Å². The number of nitrogens with zero attached hydrogens (tertiary/aromatic N) is 3. The van der Waals surface area contributed by atoms with Crippen LogP contribution in [0.2, 0.25) is 0 Å². The van der Waals surface area contributed by atoms with Gasteiger partial charge in [0, 0.05) is 35.2 Å². The number of thioether (sulfide) groups is 1. The highest BCUT2D eigenvalue weighted by molar-refractivity contribution is 7.98. The van der Waals surface area contributed by atoms with E-state index in [1.54, 1.807) is 25.2 Å². The van der Waals surface area contributed by atoms with E-state index in [2.05, 4.69) is 20.1 Å². The van der Waals surface area contributed by atoms with Gasteiger partial charge < -0.3 is 9.72 Å². The van der Waals surface area contributed by atoms with Crippen LogP contribution in [0.5, 0.6) is 5.75 Å². The van der Waals surface area contributed by atoms with Gasteiger partial charge in [-0.05, 0) is 45.0 Å². The third-order valence-corrected chi connectivity index (χ3v) is 5.47. The van der Waals surface area contributed by atoms with Gasteiger partial charge in [0.2, 0.25) is 0 Å². The first-order valence-electron chi connectivity index (χ1n) is 9.05. The molecule has 1 aromatic carbocycles. The topological polar surface area (TPSA) is 88.1 Å². The molecule has 148 valence electrons. The summed E-state index contributed by atoms with van der Waals surface area (Å²) in [5.74, 6) is 2.48. The third kappa shape index (κ3) is 4.39. The minimum atomic E-state index is -0.0938. The number of hydrogen-bond donors (Lipinski definition) is 2. The Morgan fingerprint density at radius 2 is 2.00 bits per heavy atom. The van der Waals surface area contributed by atoms with Crippen LogP contribution in [0.3, 0.4) is 0 Å². The van der Waals surface area contributed by atoms with Crippen molar-refractivity contribution in [2.45, 2.75) is 26.5 Å². The molecule has 0 spiro atoms. The number of ether oxygens (including phenoxy) is 1. The number of imidazole rings is 1. The maximum Gasteiger partial charge on any atom is 0.280 e. The van der Waals surface area contributed by atoms with E-state index >= 15 is 0 Å². The van der Waals surface area contributed by atoms with Crippen molar-refractivity contribution in [2.75, 3.05) is 19.4 Å². The fourth-order valence-corrected chi connectivity index (χ4v) is 3.79. The van der Waals surface area contributed by atoms with Gasteiger partial charge in [0.25, 0.3) is 5.56 Å². The monoisotopic (exact) mass is 399 g/mol. The van der Waals surface area contributed by atoms with E-state index in [0.717, 1.165) is 45.7 Å². The zero-order chi connectivity index (χ0) is 20.1. The van der Waals surface area contributed by atoms with Gasteiger partial charge in [0.15, 0.2) is 0 Å². The van der Waals surface area contributed by atoms with Crippen molar-refractivity contribution in [3.05, 3.63) is 63.6 Å². The van der Waals surface area contributed by atoms with Gasteiger partial charge in [-0.3, -0.25) is 14.9 Å². The fraction of sp³-hybridized carbons (Fsp3) is 0.350. The summed E-state index contributed by atoms with van der Waals surface area (Å²) in [4.78, 5) is 24.9. The molecular weight excluding hydrogens is 374 g/mol. The third-order valence-electron chi connectivity index (χ3n) is 4.52. The molecule has 2 aromatic heterocycles. The van der Waals surface area contributed by atoms with E-state index in [1.807, 2.05) is 45.0 Å². The Bertz CT molecular complexity index is 1010. The standard InChI is InChI=1S/C20H25N5O2S/c1-13-18(23-12-22-13)11-28-10-9-21-14(2)19-15(3)24-25(20(19)26)16-5-7-17(27-4)8-6-16/h5-8,12,24H,9-11H2,1-4H3,(H,22,23). The molecular formula is C20H25N5O2S. The van der Waals surface area contributed by atoms with Gasteiger partial charge in [-0.25, -0.2) is 9.67 Å². The van der Waals surface area contributed by atoms with Crippen LogP contribution in [-0.2, 0) is 5.75 Å². The average Bonchev–Trinajstić information content (AvgIpc) is 3.23. The molecule has 0 bridgehead atoms. The van der Waals surface area contributed by atoms with E-state index in [-0.39, 0.29) is 5.56 Å². The molecule has 28 heavy (non-hydrogen) atoms. The smallest absolute Gasteiger partial charge is 0.280 e. The lowest BCUT2D eigenvalue weighted by atomic mass is 10.2. The van der Waals surface area contributed by atoms with E-state index in [9.17, 15) is 4.79 Å². The maximum absolute atomic E-state index is 12.9. The van der Waals surface area contributed by atoms with Crippen molar-refractivity contribution in [3.63, 3.8) is 0 Å². The van der Waals surface area contributed by atoms with E-state index in [0.29, 0.717) is 12.1 Å². The van der Waals surface area contributed by atoms with Gasteiger partial charge >= 0.3 is 0 Å². The number of H-pyrrole nitrogens is 2. The van der Waals surface area contributed by atoms with Crippen molar-refractivity contribution < 1.29 is 4.74 Å². The molecule has 0 saturated carbocycles. The van der Waals surface area contributed by atoms with Crippen LogP contribution in [-0.4, -0.2) is 44.9 Å². The molecule has 0 amide bonds. The van der Waals surface area contributed by atoms with Gasteiger partial charge in [0.05, 0.1) is 30.4 Å². The predicted molar refractivity (Wildman–Crippen MR) is 114 cm³/mol. The summed E-state index contributed by atoms with van der Waals surface area (Å²) in [5.41, 5.74) is 5.04. The molecule has 0 unspecified atom stereocenters. The summed E-state index contributed by atoms with van der Waals surface area (Å²) in [7, 11) is 1.62. The zero-order valence-corrected chi connectivity index (χ0v) is 17.4. The first-order valence-corrected chi connectivity index (χ1v) is 10.2. The normalized spacial score (nSPS) is 11.8. The minimum absolute atomic E-state index is 0.0938. The number of aromatic nitrogens is 4. The summed E-state index contributed by atoms with van der Waals surface area (Å²) in [6.45, 7) is 6.46. The molecule has 0 atom stereocenters. The summed E-state index contributed by atoms with van der Waals surface area (Å²) in [6, 6.07) is 7.36. The molecule has 0 aliphatic carbocycles. The molecule has 7 nitrogen and oxygen atoms in total. The van der Waals surface area contributed by atoms with Crippen molar-refractivity contribution >= 4 is 17.5 Å². The summed E-state index contributed by atoms with van der Waals surface area (Å²) in [6.07, 6.45) is 1.72. The molecule has 0 fully saturated rings. The summed E-state index contributed by atoms with van der Waals surface area (Å²) < 4.78 is 6.71. The molecule has 0 saturated heterocycles. The molecule has 0 aliphatic rings. The van der Waals surface area contributed by atoms with Gasteiger partial charge in [0.1, 0.15) is 5.75 Å². The maximum atomic E-state index is 12.9. The van der Waals surface area contributed by atoms with Gasteiger partial charge in [-0.2, -0.15) is 11.8 Å². The highest BCUT2D eigenvalue weighted by atomic mass is 32.2. The fourth-order valence-electron chi connectivity index (χ4n) is 2.94. The van der Waals surface area contributed by atoms with Crippen molar-refractivity contribution in [1.29, 1.82) is 0 Å². The first-order chi connectivity index (χ1) is 13.5. The molecule has 2 N–H and O–H groups in total. The highest BCUT2D eigenvalue weighted by Crippen LogP contribution is 2.15. The second-order valence-electron chi connectivity index (χ2n) is 6.44. The first kappa shape index (κ1) is 20.0. The quantitative estimate of drug-likeness (QED) is 0.450. The van der Waals surface area contributed by atoms with Crippen LogP contribution in [0.1, 0.15) is 29.6 Å². The van der Waals surface area contributed by atoms with Crippen molar-refractivity contribution in [1.82, 2.24) is 19.7 Å². The second-order valence-corrected chi connectivity index (χ2v) is 7.55. The van der Waals surface area contributed by atoms with E-state index in [1.165, 1.54) is 4.68 Å². The van der Waals surface area contributed by atoms with Crippen LogP contribution >= 0.6 is 11.8 Å². The van der Waals surface area contributed by atoms with Crippen LogP contribution in [0.25, 0.3) is 5.69 Å². The van der Waals surface area contributed by atoms with Crippen LogP contribution < -0.4 is 10.3 Å². The Morgan fingerprint density at radius 1 is 1.25 bits per heavy atom. The zero-order valence-electron chi connectivity index (χ0n) is 16.6. The Labute approximate surface area is 168 Å². The van der Waals surface area contributed by atoms with Crippen LogP contribution in [0, 0.1) is 13.8 Å². The summed E-state index contributed by atoms with van der Waals surface area (Å²) in [5, 5.41) is 3.14. The molecule has 2 heterocycles. The number of aromatic amines is 2. The molecule has 0 radical (unpaired) electrons. The Morgan fingerprint density at radius 3 is 2.64 bits per heavy atom. The van der Waals surface area contributed by atoms with Crippen LogP contribution in [0.15, 0.2) is 40.4 Å². The second kappa shape index (κ2) is 8.97. The van der Waals surface area contributed by atoms with Crippen molar-refractivity contribution in [2.24, 2.45) is 4.99 Å². The lowest BCUT2D eigenvalue weighted by Crippen LogP contribution is -2.19. The molecule has 3 aromatic rings. The number of aryl methyl sites for hydroxylation is 2. The number of rotatable bonds is 8. The lowest BCUT2D eigenvalue weighted by molar-refractivity contribution is 0.414. The minimum Gasteiger partial charge on any atom is -0.497 e. The Kier molecular flexibility index (Phi) is 6.41. The number of methoxy groups -OCH3 is 1. The van der Waals surface area contributed by atoms with Crippen LogP contribution in [0.4, 0.5) is 0 Å². The highest BCUT2D eigenvalue weighted by Gasteiger charge is 2.15. The number of nitrogens with one attached hydrogen (secondary N) is 2. The predicted octanol–water partition coefficient (Wildman–Crippen LogP) is 3.26. The molecule has 3 rings (SSSR count). The molecule has 8 heteroatoms.